The minimum atomic E-state index is -1.19. The summed E-state index contributed by atoms with van der Waals surface area (Å²) < 4.78 is 0. The summed E-state index contributed by atoms with van der Waals surface area (Å²) in [6, 6.07) is -1.14. The molecule has 0 aromatic rings. The van der Waals surface area contributed by atoms with Crippen molar-refractivity contribution in [2.24, 2.45) is 11.6 Å². The van der Waals surface area contributed by atoms with Crippen LogP contribution in [0.5, 0.6) is 0 Å². The van der Waals surface area contributed by atoms with Crippen LogP contribution in [-0.4, -0.2) is 34.0 Å². The Bertz CT molecular complexity index is 104. The lowest BCUT2D eigenvalue weighted by atomic mass is 10.3. The lowest BCUT2D eigenvalue weighted by molar-refractivity contribution is -0.145. The van der Waals surface area contributed by atoms with Gasteiger partial charge in [0.1, 0.15) is 6.04 Å². The zero-order valence-corrected chi connectivity index (χ0v) is 4.69. The van der Waals surface area contributed by atoms with Gasteiger partial charge in [-0.05, 0) is 0 Å². The Kier molecular flexibility index (Phi) is 3.10. The van der Waals surface area contributed by atoms with Crippen molar-refractivity contribution in [3.63, 3.8) is 0 Å². The number of carboxylic acids is 1. The second-order valence-corrected chi connectivity index (χ2v) is 1.57. The molecule has 0 aliphatic rings. The largest absolute Gasteiger partial charge is 0.480 e. The molecule has 0 saturated heterocycles. The third-order valence-corrected chi connectivity index (χ3v) is 0.701. The molecule has 0 aromatic carbocycles. The van der Waals surface area contributed by atoms with Gasteiger partial charge in [0.15, 0.2) is 0 Å². The minimum Gasteiger partial charge on any atom is -0.480 e. The fourth-order valence-electron chi connectivity index (χ4n) is 0.280. The van der Waals surface area contributed by atoms with E-state index in [9.17, 15) is 4.79 Å². The number of hydroxylamine groups is 1. The number of carboxylic acid groups (broad SMARTS) is 1. The molecule has 0 aliphatic carbocycles. The highest BCUT2D eigenvalue weighted by Gasteiger charge is 2.12. The average Bonchev–Trinajstić information content (AvgIpc) is 1.63. The van der Waals surface area contributed by atoms with Crippen molar-refractivity contribution < 1.29 is 15.1 Å². The van der Waals surface area contributed by atoms with E-state index in [0.29, 0.717) is 0 Å². The molecule has 0 radical (unpaired) electrons. The van der Waals surface area contributed by atoms with Crippen LogP contribution in [0.3, 0.4) is 0 Å². The van der Waals surface area contributed by atoms with Crippen molar-refractivity contribution in [1.29, 1.82) is 0 Å². The summed E-state index contributed by atoms with van der Waals surface area (Å²) in [6.45, 7) is -0.282. The molecule has 0 bridgehead atoms. The van der Waals surface area contributed by atoms with Crippen molar-refractivity contribution >= 4 is 5.97 Å². The predicted molar refractivity (Wildman–Crippen MR) is 28.3 cm³/mol. The smallest absolute Gasteiger partial charge is 0.321 e. The lowest BCUT2D eigenvalue weighted by Gasteiger charge is -2.09. The molecule has 6 heteroatoms. The zero-order chi connectivity index (χ0) is 7.44. The van der Waals surface area contributed by atoms with Crippen molar-refractivity contribution in [2.75, 3.05) is 6.54 Å². The molecule has 0 rings (SSSR count). The number of hydrogen-bond donors (Lipinski definition) is 4. The van der Waals surface area contributed by atoms with E-state index in [4.69, 9.17) is 16.0 Å². The highest BCUT2D eigenvalue weighted by atomic mass is 16.5. The number of aliphatic carboxylic acids is 1. The molecule has 0 spiro atoms. The Labute approximate surface area is 51.6 Å². The first-order valence-corrected chi connectivity index (χ1v) is 2.23. The maximum atomic E-state index is 9.92. The van der Waals surface area contributed by atoms with Crippen LogP contribution < -0.4 is 11.6 Å². The van der Waals surface area contributed by atoms with Crippen LogP contribution in [0.4, 0.5) is 0 Å². The molecule has 0 amide bonds. The van der Waals surface area contributed by atoms with E-state index in [1.807, 2.05) is 0 Å². The van der Waals surface area contributed by atoms with Crippen LogP contribution in [0.15, 0.2) is 0 Å². The summed E-state index contributed by atoms with van der Waals surface area (Å²) in [5, 5.41) is 16.6. The SMILES string of the molecule is N[C@@H](CN(N)O)C(=O)O. The number of hydrazine groups is 1. The van der Waals surface area contributed by atoms with Gasteiger partial charge in [-0.2, -0.15) is 0 Å². The van der Waals surface area contributed by atoms with Gasteiger partial charge in [-0.15, -0.1) is 5.17 Å². The van der Waals surface area contributed by atoms with E-state index < -0.39 is 12.0 Å². The molecule has 6 N–H and O–H groups in total. The molecule has 0 saturated carbocycles. The highest BCUT2D eigenvalue weighted by Crippen LogP contribution is 1.78. The number of rotatable bonds is 3. The van der Waals surface area contributed by atoms with Gasteiger partial charge in [-0.25, -0.2) is 5.84 Å². The van der Waals surface area contributed by atoms with E-state index in [1.54, 1.807) is 0 Å². The summed E-state index contributed by atoms with van der Waals surface area (Å²) in [6.07, 6.45) is 0. The van der Waals surface area contributed by atoms with Gasteiger partial charge in [-0.1, -0.05) is 0 Å². The van der Waals surface area contributed by atoms with Gasteiger partial charge in [0.25, 0.3) is 0 Å². The number of hydrogen-bond acceptors (Lipinski definition) is 5. The van der Waals surface area contributed by atoms with Crippen LogP contribution in [0, 0.1) is 0 Å². The summed E-state index contributed by atoms with van der Waals surface area (Å²) in [5.41, 5.74) is 4.94. The molecule has 54 valence electrons. The zero-order valence-electron chi connectivity index (χ0n) is 4.69. The molecule has 0 heterocycles. The number of nitrogens with zero attached hydrogens (tertiary/aromatic N) is 1. The quantitative estimate of drug-likeness (QED) is 0.262. The average molecular weight is 135 g/mol. The second-order valence-electron chi connectivity index (χ2n) is 1.57. The van der Waals surface area contributed by atoms with Gasteiger partial charge in [-0.3, -0.25) is 10.0 Å². The Morgan fingerprint density at radius 1 is 1.78 bits per heavy atom. The van der Waals surface area contributed by atoms with Crippen LogP contribution in [0.2, 0.25) is 0 Å². The van der Waals surface area contributed by atoms with E-state index >= 15 is 0 Å². The first-order chi connectivity index (χ1) is 4.04. The van der Waals surface area contributed by atoms with Crippen molar-refractivity contribution in [3.05, 3.63) is 0 Å². The monoisotopic (exact) mass is 135 g/mol. The first kappa shape index (κ1) is 8.31. The molecule has 6 nitrogen and oxygen atoms in total. The Morgan fingerprint density at radius 2 is 2.22 bits per heavy atom. The standard InChI is InChI=1S/C3H9N3O3/c4-2(3(7)8)1-6(5)9/h2,9H,1,4-5H2,(H,7,8)/t2-/m0/s1. The maximum Gasteiger partial charge on any atom is 0.321 e. The Balaban J connectivity index is 3.50. The minimum absolute atomic E-state index is 0.235. The van der Waals surface area contributed by atoms with E-state index in [2.05, 4.69) is 5.84 Å². The van der Waals surface area contributed by atoms with Crippen LogP contribution >= 0.6 is 0 Å². The molecule has 0 aliphatic heterocycles. The number of nitrogens with two attached hydrogens (primary N) is 2. The summed E-state index contributed by atoms with van der Waals surface area (Å²) in [5.74, 6) is 3.48. The molecule has 0 fully saturated rings. The van der Waals surface area contributed by atoms with Crippen LogP contribution in [-0.2, 0) is 4.79 Å². The third kappa shape index (κ3) is 3.86. The third-order valence-electron chi connectivity index (χ3n) is 0.701. The molecule has 0 unspecified atom stereocenters. The van der Waals surface area contributed by atoms with Gasteiger partial charge >= 0.3 is 5.97 Å². The van der Waals surface area contributed by atoms with Crippen molar-refractivity contribution in [1.82, 2.24) is 5.17 Å². The molecule has 0 aromatic heterocycles. The van der Waals surface area contributed by atoms with Gasteiger partial charge in [0, 0.05) is 0 Å². The molecular formula is C3H9N3O3. The Hall–Kier alpha value is -0.690. The topological polar surface area (TPSA) is 113 Å². The summed E-state index contributed by atoms with van der Waals surface area (Å²) >= 11 is 0. The highest BCUT2D eigenvalue weighted by molar-refractivity contribution is 5.73. The van der Waals surface area contributed by atoms with Gasteiger partial charge in [0.05, 0.1) is 6.54 Å². The van der Waals surface area contributed by atoms with Gasteiger partial charge < -0.3 is 10.8 Å². The molecular weight excluding hydrogens is 126 g/mol. The lowest BCUT2D eigenvalue weighted by Crippen LogP contribution is -2.44. The number of carbonyl (C=O) groups is 1. The van der Waals surface area contributed by atoms with Crippen LogP contribution in [0.25, 0.3) is 0 Å². The van der Waals surface area contributed by atoms with E-state index in [1.165, 1.54) is 0 Å². The maximum absolute atomic E-state index is 9.92. The molecule has 1 atom stereocenters. The first-order valence-electron chi connectivity index (χ1n) is 2.23. The fourth-order valence-corrected chi connectivity index (χ4v) is 0.280. The fraction of sp³-hybridized carbons (Fsp3) is 0.667. The van der Waals surface area contributed by atoms with E-state index in [0.717, 1.165) is 0 Å². The Morgan fingerprint density at radius 3 is 2.33 bits per heavy atom. The van der Waals surface area contributed by atoms with Gasteiger partial charge in [0.2, 0.25) is 0 Å². The summed E-state index contributed by atoms with van der Waals surface area (Å²) in [4.78, 5) is 9.92. The second kappa shape index (κ2) is 3.36. The van der Waals surface area contributed by atoms with Crippen molar-refractivity contribution in [2.45, 2.75) is 6.04 Å². The predicted octanol–water partition coefficient (Wildman–Crippen LogP) is -2.04. The molecule has 9 heavy (non-hydrogen) atoms. The van der Waals surface area contributed by atoms with E-state index in [-0.39, 0.29) is 11.7 Å². The van der Waals surface area contributed by atoms with Crippen LogP contribution in [0.1, 0.15) is 0 Å². The normalized spacial score (nSPS) is 13.8. The van der Waals surface area contributed by atoms with Crippen molar-refractivity contribution in [3.8, 4) is 0 Å². The summed E-state index contributed by atoms with van der Waals surface area (Å²) in [7, 11) is 0.